The Morgan fingerprint density at radius 2 is 1.80 bits per heavy atom. The van der Waals surface area contributed by atoms with Gasteiger partial charge in [0.15, 0.2) is 0 Å². The predicted molar refractivity (Wildman–Crippen MR) is 62.6 cm³/mol. The Balaban J connectivity index is 2.34. The van der Waals surface area contributed by atoms with Gasteiger partial charge < -0.3 is 0 Å². The Kier molecular flexibility index (Phi) is 2.48. The van der Waals surface area contributed by atoms with Crippen LogP contribution in [0.15, 0.2) is 0 Å². The SMILES string of the molecule is C[C@@H]1CCC2C(C)(C)CCC[C@]2(C)C1=O. The molecule has 0 N–H and O–H groups in total. The van der Waals surface area contributed by atoms with E-state index in [1.807, 2.05) is 0 Å². The first-order chi connectivity index (χ1) is 6.88. The fourth-order valence-electron chi connectivity index (χ4n) is 4.24. The number of carbonyl (C=O) groups excluding carboxylic acids is 1. The van der Waals surface area contributed by atoms with E-state index in [2.05, 4.69) is 27.7 Å². The molecule has 1 unspecified atom stereocenters. The standard InChI is InChI=1S/C14H24O/c1-10-6-7-11-13(2,3)8-5-9-14(11,4)12(10)15/h10-11H,5-9H2,1-4H3/t10-,11?,14+/m1/s1. The van der Waals surface area contributed by atoms with E-state index in [0.29, 0.717) is 23.0 Å². The minimum Gasteiger partial charge on any atom is -0.299 e. The van der Waals surface area contributed by atoms with E-state index in [0.717, 1.165) is 12.8 Å². The van der Waals surface area contributed by atoms with Crippen molar-refractivity contribution >= 4 is 5.78 Å². The maximum Gasteiger partial charge on any atom is 0.141 e. The molecule has 0 heterocycles. The summed E-state index contributed by atoms with van der Waals surface area (Å²) in [6.45, 7) is 9.07. The predicted octanol–water partition coefficient (Wildman–Crippen LogP) is 3.82. The van der Waals surface area contributed by atoms with Gasteiger partial charge in [0.1, 0.15) is 5.78 Å². The molecule has 2 aliphatic rings. The highest BCUT2D eigenvalue weighted by Gasteiger charge is 2.53. The molecule has 0 saturated heterocycles. The van der Waals surface area contributed by atoms with E-state index >= 15 is 0 Å². The third-order valence-corrected chi connectivity index (χ3v) is 5.13. The van der Waals surface area contributed by atoms with Crippen molar-refractivity contribution in [3.05, 3.63) is 0 Å². The van der Waals surface area contributed by atoms with E-state index in [-0.39, 0.29) is 5.41 Å². The van der Waals surface area contributed by atoms with Crippen molar-refractivity contribution in [2.75, 3.05) is 0 Å². The van der Waals surface area contributed by atoms with Gasteiger partial charge in [-0.15, -0.1) is 0 Å². The fourth-order valence-corrected chi connectivity index (χ4v) is 4.24. The van der Waals surface area contributed by atoms with Crippen LogP contribution in [0.2, 0.25) is 0 Å². The minimum atomic E-state index is -0.000579. The summed E-state index contributed by atoms with van der Waals surface area (Å²) in [6.07, 6.45) is 6.04. The normalized spacial score (nSPS) is 44.9. The van der Waals surface area contributed by atoms with Crippen molar-refractivity contribution in [2.45, 2.75) is 59.8 Å². The monoisotopic (exact) mass is 208 g/mol. The zero-order chi connectivity index (χ0) is 11.3. The van der Waals surface area contributed by atoms with Gasteiger partial charge in [0.05, 0.1) is 0 Å². The second-order valence-electron chi connectivity index (χ2n) is 6.65. The number of Topliss-reactive ketones (excluding diaryl/α,β-unsaturated/α-hetero) is 1. The summed E-state index contributed by atoms with van der Waals surface area (Å²) in [5.74, 6) is 1.48. The Morgan fingerprint density at radius 1 is 1.13 bits per heavy atom. The van der Waals surface area contributed by atoms with Gasteiger partial charge in [-0.05, 0) is 37.0 Å². The van der Waals surface area contributed by atoms with Crippen molar-refractivity contribution in [3.8, 4) is 0 Å². The summed E-state index contributed by atoms with van der Waals surface area (Å²) in [6, 6.07) is 0. The van der Waals surface area contributed by atoms with Crippen LogP contribution in [0.5, 0.6) is 0 Å². The van der Waals surface area contributed by atoms with Crippen molar-refractivity contribution in [2.24, 2.45) is 22.7 Å². The summed E-state index contributed by atoms with van der Waals surface area (Å²) < 4.78 is 0. The minimum absolute atomic E-state index is 0.000579. The second-order valence-corrected chi connectivity index (χ2v) is 6.65. The number of ketones is 1. The molecular formula is C14H24O. The van der Waals surface area contributed by atoms with Crippen molar-refractivity contribution < 1.29 is 4.79 Å². The molecule has 15 heavy (non-hydrogen) atoms. The Labute approximate surface area is 93.6 Å². The zero-order valence-electron chi connectivity index (χ0n) is 10.6. The maximum atomic E-state index is 12.4. The lowest BCUT2D eigenvalue weighted by molar-refractivity contribution is -0.148. The highest BCUT2D eigenvalue weighted by Crippen LogP contribution is 2.56. The van der Waals surface area contributed by atoms with Gasteiger partial charge in [-0.1, -0.05) is 34.1 Å². The first-order valence-electron chi connectivity index (χ1n) is 6.42. The summed E-state index contributed by atoms with van der Waals surface area (Å²) in [7, 11) is 0. The van der Waals surface area contributed by atoms with E-state index < -0.39 is 0 Å². The molecule has 0 aromatic rings. The molecule has 1 heteroatoms. The molecule has 0 amide bonds. The second kappa shape index (κ2) is 3.33. The smallest absolute Gasteiger partial charge is 0.141 e. The molecule has 0 spiro atoms. The average molecular weight is 208 g/mol. The highest BCUT2D eigenvalue weighted by atomic mass is 16.1. The number of fused-ring (bicyclic) bond motifs is 1. The van der Waals surface area contributed by atoms with Crippen molar-refractivity contribution in [1.29, 1.82) is 0 Å². The van der Waals surface area contributed by atoms with Crippen LogP contribution in [0.4, 0.5) is 0 Å². The molecule has 1 nitrogen and oxygen atoms in total. The number of carbonyl (C=O) groups is 1. The van der Waals surface area contributed by atoms with Crippen LogP contribution < -0.4 is 0 Å². The summed E-state index contributed by atoms with van der Waals surface area (Å²) in [4.78, 5) is 12.4. The van der Waals surface area contributed by atoms with Crippen LogP contribution in [0, 0.1) is 22.7 Å². The van der Waals surface area contributed by atoms with E-state index in [9.17, 15) is 4.79 Å². The summed E-state index contributed by atoms with van der Waals surface area (Å²) >= 11 is 0. The molecule has 0 aromatic heterocycles. The molecule has 2 rings (SSSR count). The van der Waals surface area contributed by atoms with Gasteiger partial charge in [0.2, 0.25) is 0 Å². The fraction of sp³-hybridized carbons (Fsp3) is 0.929. The van der Waals surface area contributed by atoms with Crippen LogP contribution in [-0.2, 0) is 4.79 Å². The lowest BCUT2D eigenvalue weighted by atomic mass is 9.50. The van der Waals surface area contributed by atoms with Crippen LogP contribution in [0.3, 0.4) is 0 Å². The van der Waals surface area contributed by atoms with Gasteiger partial charge in [0, 0.05) is 11.3 Å². The third kappa shape index (κ3) is 1.55. The maximum absolute atomic E-state index is 12.4. The van der Waals surface area contributed by atoms with Gasteiger partial charge in [-0.2, -0.15) is 0 Å². The molecule has 0 radical (unpaired) electrons. The van der Waals surface area contributed by atoms with E-state index in [1.165, 1.54) is 19.3 Å². The van der Waals surface area contributed by atoms with Crippen LogP contribution in [-0.4, -0.2) is 5.78 Å². The van der Waals surface area contributed by atoms with Crippen LogP contribution >= 0.6 is 0 Å². The molecule has 2 saturated carbocycles. The lowest BCUT2D eigenvalue weighted by Gasteiger charge is -2.53. The Bertz CT molecular complexity index is 279. The summed E-state index contributed by atoms with van der Waals surface area (Å²) in [5, 5.41) is 0. The zero-order valence-corrected chi connectivity index (χ0v) is 10.6. The van der Waals surface area contributed by atoms with Crippen molar-refractivity contribution in [1.82, 2.24) is 0 Å². The highest BCUT2D eigenvalue weighted by molar-refractivity contribution is 5.87. The van der Waals surface area contributed by atoms with Crippen LogP contribution in [0.1, 0.15) is 59.8 Å². The largest absolute Gasteiger partial charge is 0.299 e. The molecule has 0 aliphatic heterocycles. The van der Waals surface area contributed by atoms with Crippen molar-refractivity contribution in [3.63, 3.8) is 0 Å². The first kappa shape index (κ1) is 11.2. The molecule has 2 aliphatic carbocycles. The molecule has 0 bridgehead atoms. The number of hydrogen-bond donors (Lipinski definition) is 0. The van der Waals surface area contributed by atoms with E-state index in [1.54, 1.807) is 0 Å². The summed E-state index contributed by atoms with van der Waals surface area (Å²) in [5.41, 5.74) is 0.377. The topological polar surface area (TPSA) is 17.1 Å². The molecule has 2 fully saturated rings. The Morgan fingerprint density at radius 3 is 2.47 bits per heavy atom. The lowest BCUT2D eigenvalue weighted by Crippen LogP contribution is -2.51. The molecule has 3 atom stereocenters. The van der Waals surface area contributed by atoms with E-state index in [4.69, 9.17) is 0 Å². The quantitative estimate of drug-likeness (QED) is 0.591. The molecular weight excluding hydrogens is 184 g/mol. The Hall–Kier alpha value is -0.330. The molecule has 86 valence electrons. The van der Waals surface area contributed by atoms with Gasteiger partial charge in [-0.25, -0.2) is 0 Å². The van der Waals surface area contributed by atoms with Gasteiger partial charge in [0.25, 0.3) is 0 Å². The van der Waals surface area contributed by atoms with Gasteiger partial charge in [-0.3, -0.25) is 4.79 Å². The average Bonchev–Trinajstić information content (AvgIpc) is 2.12. The third-order valence-electron chi connectivity index (χ3n) is 5.13. The first-order valence-corrected chi connectivity index (χ1v) is 6.42. The van der Waals surface area contributed by atoms with Crippen LogP contribution in [0.25, 0.3) is 0 Å². The van der Waals surface area contributed by atoms with Gasteiger partial charge >= 0.3 is 0 Å². The number of hydrogen-bond acceptors (Lipinski definition) is 1. The number of rotatable bonds is 0. The molecule has 0 aromatic carbocycles.